The Morgan fingerprint density at radius 2 is 1.76 bits per heavy atom. The van der Waals surface area contributed by atoms with Crippen LogP contribution in [0.2, 0.25) is 0 Å². The SMILES string of the molecule is CC(c1ccncc1Br)c1cc2ccccc2n1Cc1ccccc1. The normalized spacial score (nSPS) is 12.4. The van der Waals surface area contributed by atoms with Gasteiger partial charge in [0.2, 0.25) is 0 Å². The van der Waals surface area contributed by atoms with Crippen molar-refractivity contribution in [2.24, 2.45) is 0 Å². The molecule has 0 radical (unpaired) electrons. The molecule has 0 saturated heterocycles. The Morgan fingerprint density at radius 1 is 1.00 bits per heavy atom. The number of aromatic nitrogens is 2. The van der Waals surface area contributed by atoms with E-state index in [1.165, 1.54) is 27.7 Å². The maximum Gasteiger partial charge on any atom is 0.0485 e. The second-order valence-corrected chi connectivity index (χ2v) is 7.17. The van der Waals surface area contributed by atoms with E-state index in [2.05, 4.69) is 99.1 Å². The molecule has 0 amide bonds. The molecule has 0 aliphatic rings. The van der Waals surface area contributed by atoms with Crippen molar-refractivity contribution in [2.45, 2.75) is 19.4 Å². The molecule has 2 heterocycles. The van der Waals surface area contributed by atoms with Crippen LogP contribution in [0.4, 0.5) is 0 Å². The van der Waals surface area contributed by atoms with E-state index in [9.17, 15) is 0 Å². The minimum atomic E-state index is 0.272. The molecule has 25 heavy (non-hydrogen) atoms. The molecule has 2 aromatic carbocycles. The maximum atomic E-state index is 4.20. The minimum Gasteiger partial charge on any atom is -0.340 e. The Labute approximate surface area is 156 Å². The lowest BCUT2D eigenvalue weighted by atomic mass is 9.98. The topological polar surface area (TPSA) is 17.8 Å². The number of halogens is 1. The Morgan fingerprint density at radius 3 is 2.56 bits per heavy atom. The molecule has 0 aliphatic carbocycles. The lowest BCUT2D eigenvalue weighted by Crippen LogP contribution is -2.08. The summed E-state index contributed by atoms with van der Waals surface area (Å²) >= 11 is 3.66. The summed E-state index contributed by atoms with van der Waals surface area (Å²) in [6.07, 6.45) is 3.73. The Kier molecular flexibility index (Phi) is 4.41. The van der Waals surface area contributed by atoms with Gasteiger partial charge in [0.1, 0.15) is 0 Å². The zero-order chi connectivity index (χ0) is 17.2. The summed E-state index contributed by atoms with van der Waals surface area (Å²) in [6.45, 7) is 3.13. The number of rotatable bonds is 4. The second kappa shape index (κ2) is 6.85. The van der Waals surface area contributed by atoms with Crippen molar-refractivity contribution < 1.29 is 0 Å². The molecule has 1 atom stereocenters. The summed E-state index contributed by atoms with van der Waals surface area (Å²) in [5, 5.41) is 1.28. The van der Waals surface area contributed by atoms with E-state index >= 15 is 0 Å². The van der Waals surface area contributed by atoms with Crippen LogP contribution in [0.5, 0.6) is 0 Å². The van der Waals surface area contributed by atoms with Crippen molar-refractivity contribution in [2.75, 3.05) is 0 Å². The highest BCUT2D eigenvalue weighted by atomic mass is 79.9. The molecule has 4 aromatic rings. The molecule has 0 spiro atoms. The summed E-state index contributed by atoms with van der Waals surface area (Å²) < 4.78 is 3.49. The first-order chi connectivity index (χ1) is 12.2. The molecular formula is C22H19BrN2. The fraction of sp³-hybridized carbons (Fsp3) is 0.136. The fourth-order valence-electron chi connectivity index (χ4n) is 3.43. The van der Waals surface area contributed by atoms with Crippen molar-refractivity contribution in [3.05, 3.63) is 100 Å². The summed E-state index contributed by atoms with van der Waals surface area (Å²) in [6, 6.07) is 23.7. The van der Waals surface area contributed by atoms with Gasteiger partial charge in [-0.3, -0.25) is 4.98 Å². The molecule has 0 saturated carbocycles. The number of fused-ring (bicyclic) bond motifs is 1. The molecule has 124 valence electrons. The summed E-state index contributed by atoms with van der Waals surface area (Å²) in [5.41, 5.74) is 5.16. The van der Waals surface area contributed by atoms with Gasteiger partial charge in [0.15, 0.2) is 0 Å². The quantitative estimate of drug-likeness (QED) is 0.417. The van der Waals surface area contributed by atoms with Crippen LogP contribution in [-0.2, 0) is 6.54 Å². The number of pyridine rings is 1. The van der Waals surface area contributed by atoms with E-state index < -0.39 is 0 Å². The predicted molar refractivity (Wildman–Crippen MR) is 107 cm³/mol. The Bertz CT molecular complexity index is 1000. The number of nitrogens with zero attached hydrogens (tertiary/aromatic N) is 2. The van der Waals surface area contributed by atoms with Crippen molar-refractivity contribution in [1.29, 1.82) is 0 Å². The smallest absolute Gasteiger partial charge is 0.0485 e. The van der Waals surface area contributed by atoms with Gasteiger partial charge in [-0.05, 0) is 50.6 Å². The molecule has 2 nitrogen and oxygen atoms in total. The number of para-hydroxylation sites is 1. The molecule has 2 aromatic heterocycles. The van der Waals surface area contributed by atoms with Gasteiger partial charge in [-0.1, -0.05) is 55.5 Å². The third-order valence-corrected chi connectivity index (χ3v) is 5.40. The summed E-state index contributed by atoms with van der Waals surface area (Å²) in [4.78, 5) is 4.20. The zero-order valence-corrected chi connectivity index (χ0v) is 15.6. The van der Waals surface area contributed by atoms with Gasteiger partial charge >= 0.3 is 0 Å². The van der Waals surface area contributed by atoms with Crippen LogP contribution in [0.3, 0.4) is 0 Å². The van der Waals surface area contributed by atoms with Gasteiger partial charge in [-0.2, -0.15) is 0 Å². The molecule has 1 unspecified atom stereocenters. The van der Waals surface area contributed by atoms with E-state index in [-0.39, 0.29) is 5.92 Å². The third kappa shape index (κ3) is 3.12. The second-order valence-electron chi connectivity index (χ2n) is 6.32. The van der Waals surface area contributed by atoms with Crippen LogP contribution in [-0.4, -0.2) is 9.55 Å². The largest absolute Gasteiger partial charge is 0.340 e. The van der Waals surface area contributed by atoms with Crippen molar-refractivity contribution in [1.82, 2.24) is 9.55 Å². The fourth-order valence-corrected chi connectivity index (χ4v) is 4.02. The summed E-state index contributed by atoms with van der Waals surface area (Å²) in [7, 11) is 0. The van der Waals surface area contributed by atoms with Crippen molar-refractivity contribution in [3.8, 4) is 0 Å². The lowest BCUT2D eigenvalue weighted by Gasteiger charge is -2.18. The van der Waals surface area contributed by atoms with E-state index in [0.717, 1.165) is 11.0 Å². The highest BCUT2D eigenvalue weighted by molar-refractivity contribution is 9.10. The molecule has 4 rings (SSSR count). The van der Waals surface area contributed by atoms with Gasteiger partial charge in [0.05, 0.1) is 0 Å². The Hall–Kier alpha value is -2.39. The average molecular weight is 391 g/mol. The van der Waals surface area contributed by atoms with Crippen LogP contribution < -0.4 is 0 Å². The molecule has 0 aliphatic heterocycles. The first-order valence-electron chi connectivity index (χ1n) is 8.45. The molecule has 0 N–H and O–H groups in total. The van der Waals surface area contributed by atoms with Gasteiger partial charge < -0.3 is 4.57 Å². The lowest BCUT2D eigenvalue weighted by molar-refractivity contribution is 0.729. The van der Waals surface area contributed by atoms with Crippen LogP contribution in [0.1, 0.15) is 29.7 Å². The van der Waals surface area contributed by atoms with Crippen molar-refractivity contribution in [3.63, 3.8) is 0 Å². The first kappa shape index (κ1) is 16.1. The average Bonchev–Trinajstić information content (AvgIpc) is 3.01. The van der Waals surface area contributed by atoms with Gasteiger partial charge in [-0.15, -0.1) is 0 Å². The molecule has 0 fully saturated rings. The van der Waals surface area contributed by atoms with E-state index in [0.29, 0.717) is 0 Å². The highest BCUT2D eigenvalue weighted by Gasteiger charge is 2.18. The monoisotopic (exact) mass is 390 g/mol. The van der Waals surface area contributed by atoms with Crippen LogP contribution in [0.25, 0.3) is 10.9 Å². The van der Waals surface area contributed by atoms with Crippen LogP contribution in [0.15, 0.2) is 83.6 Å². The van der Waals surface area contributed by atoms with Gasteiger partial charge in [0, 0.05) is 40.5 Å². The summed E-state index contributed by atoms with van der Waals surface area (Å²) in [5.74, 6) is 0.272. The van der Waals surface area contributed by atoms with Crippen LogP contribution >= 0.6 is 15.9 Å². The number of hydrogen-bond acceptors (Lipinski definition) is 1. The van der Waals surface area contributed by atoms with Crippen molar-refractivity contribution >= 4 is 26.8 Å². The maximum absolute atomic E-state index is 4.20. The molecule has 0 bridgehead atoms. The van der Waals surface area contributed by atoms with E-state index in [4.69, 9.17) is 0 Å². The highest BCUT2D eigenvalue weighted by Crippen LogP contribution is 2.33. The zero-order valence-electron chi connectivity index (χ0n) is 14.1. The number of hydrogen-bond donors (Lipinski definition) is 0. The molecule has 3 heteroatoms. The van der Waals surface area contributed by atoms with E-state index in [1.807, 2.05) is 12.4 Å². The first-order valence-corrected chi connectivity index (χ1v) is 9.25. The Balaban J connectivity index is 1.85. The van der Waals surface area contributed by atoms with Gasteiger partial charge in [0.25, 0.3) is 0 Å². The number of benzene rings is 2. The van der Waals surface area contributed by atoms with E-state index in [1.54, 1.807) is 0 Å². The third-order valence-electron chi connectivity index (χ3n) is 4.74. The van der Waals surface area contributed by atoms with Gasteiger partial charge in [-0.25, -0.2) is 0 Å². The molecular weight excluding hydrogens is 372 g/mol. The standard InChI is InChI=1S/C22H19BrN2/c1-16(19-11-12-24-14-20(19)23)22-13-18-9-5-6-10-21(18)25(22)15-17-7-3-2-4-8-17/h2-14,16H,15H2,1H3. The predicted octanol–water partition coefficient (Wildman–Crippen LogP) is 6.00. The minimum absolute atomic E-state index is 0.272. The van der Waals surface area contributed by atoms with Crippen LogP contribution in [0, 0.1) is 0 Å².